The Morgan fingerprint density at radius 2 is 2.17 bits per heavy atom. The second-order valence-corrected chi connectivity index (χ2v) is 7.65. The SMILES string of the molecule is COc1cccc(O[C@@H](C)C(=O)N2CCc3nc([C@@H]4CCCCN4)ncc3C2)c1. The van der Waals surface area contributed by atoms with Gasteiger partial charge in [0.15, 0.2) is 6.10 Å². The lowest BCUT2D eigenvalue weighted by Gasteiger charge is -2.31. The molecule has 4 rings (SSSR count). The highest BCUT2D eigenvalue weighted by molar-refractivity contribution is 5.81. The van der Waals surface area contributed by atoms with Gasteiger partial charge in [0.1, 0.15) is 17.3 Å². The standard InChI is InChI=1S/C22H28N4O3/c1-15(29-18-7-5-6-17(12-18)28-2)22(27)26-11-9-19-16(14-26)13-24-21(25-19)20-8-3-4-10-23-20/h5-7,12-13,15,20,23H,3-4,8-11,14H2,1-2H3/t15-,20-/m0/s1. The first-order valence-electron chi connectivity index (χ1n) is 10.3. The Morgan fingerprint density at radius 3 is 2.97 bits per heavy atom. The molecule has 2 aliphatic heterocycles. The van der Waals surface area contributed by atoms with Crippen LogP contribution in [0.4, 0.5) is 0 Å². The summed E-state index contributed by atoms with van der Waals surface area (Å²) in [7, 11) is 1.61. The van der Waals surface area contributed by atoms with E-state index in [2.05, 4.69) is 10.3 Å². The zero-order chi connectivity index (χ0) is 20.2. The van der Waals surface area contributed by atoms with Crippen molar-refractivity contribution in [2.24, 2.45) is 0 Å². The number of methoxy groups -OCH3 is 1. The number of carbonyl (C=O) groups excluding carboxylic acids is 1. The molecular formula is C22H28N4O3. The van der Waals surface area contributed by atoms with Crippen LogP contribution in [0.2, 0.25) is 0 Å². The maximum atomic E-state index is 12.9. The topological polar surface area (TPSA) is 76.6 Å². The Bertz CT molecular complexity index is 867. The van der Waals surface area contributed by atoms with Crippen LogP contribution < -0.4 is 14.8 Å². The Hall–Kier alpha value is -2.67. The van der Waals surface area contributed by atoms with Gasteiger partial charge in [-0.25, -0.2) is 9.97 Å². The van der Waals surface area contributed by atoms with Crippen molar-refractivity contribution in [1.82, 2.24) is 20.2 Å². The predicted molar refractivity (Wildman–Crippen MR) is 109 cm³/mol. The molecule has 1 N–H and O–H groups in total. The Kier molecular flexibility index (Phi) is 5.94. The van der Waals surface area contributed by atoms with Gasteiger partial charge < -0.3 is 19.7 Å². The highest BCUT2D eigenvalue weighted by Crippen LogP contribution is 2.24. The largest absolute Gasteiger partial charge is 0.497 e. The van der Waals surface area contributed by atoms with Gasteiger partial charge in [-0.1, -0.05) is 12.5 Å². The number of carbonyl (C=O) groups is 1. The monoisotopic (exact) mass is 396 g/mol. The molecule has 0 bridgehead atoms. The van der Waals surface area contributed by atoms with Gasteiger partial charge in [0.2, 0.25) is 0 Å². The minimum atomic E-state index is -0.574. The highest BCUT2D eigenvalue weighted by atomic mass is 16.5. The lowest BCUT2D eigenvalue weighted by atomic mass is 10.0. The number of hydrogen-bond acceptors (Lipinski definition) is 6. The lowest BCUT2D eigenvalue weighted by Crippen LogP contribution is -2.43. The van der Waals surface area contributed by atoms with Crippen LogP contribution >= 0.6 is 0 Å². The molecular weight excluding hydrogens is 368 g/mol. The number of aromatic nitrogens is 2. The van der Waals surface area contributed by atoms with Crippen molar-refractivity contribution >= 4 is 5.91 Å². The van der Waals surface area contributed by atoms with E-state index >= 15 is 0 Å². The molecule has 1 aromatic carbocycles. The molecule has 1 aromatic heterocycles. The van der Waals surface area contributed by atoms with Crippen LogP contribution in [0.15, 0.2) is 30.5 Å². The summed E-state index contributed by atoms with van der Waals surface area (Å²) in [6, 6.07) is 7.55. The van der Waals surface area contributed by atoms with Crippen molar-refractivity contribution in [2.45, 2.75) is 51.3 Å². The molecule has 2 aliphatic rings. The number of ether oxygens (including phenoxy) is 2. The average Bonchev–Trinajstić information content (AvgIpc) is 2.78. The molecule has 1 saturated heterocycles. The zero-order valence-electron chi connectivity index (χ0n) is 17.1. The molecule has 0 saturated carbocycles. The van der Waals surface area contributed by atoms with E-state index in [9.17, 15) is 4.79 Å². The number of nitrogens with zero attached hydrogens (tertiary/aromatic N) is 3. The molecule has 154 valence electrons. The Balaban J connectivity index is 1.40. The van der Waals surface area contributed by atoms with Crippen LogP contribution in [-0.4, -0.2) is 47.1 Å². The lowest BCUT2D eigenvalue weighted by molar-refractivity contribution is -0.138. The maximum absolute atomic E-state index is 12.9. The van der Waals surface area contributed by atoms with Crippen LogP contribution in [0.25, 0.3) is 0 Å². The van der Waals surface area contributed by atoms with E-state index in [1.165, 1.54) is 12.8 Å². The van der Waals surface area contributed by atoms with E-state index in [1.807, 2.05) is 29.3 Å². The number of hydrogen-bond donors (Lipinski definition) is 1. The molecule has 3 heterocycles. The first kappa shape index (κ1) is 19.6. The van der Waals surface area contributed by atoms with Crippen LogP contribution in [-0.2, 0) is 17.8 Å². The van der Waals surface area contributed by atoms with Gasteiger partial charge in [-0.2, -0.15) is 0 Å². The molecule has 0 unspecified atom stereocenters. The summed E-state index contributed by atoms with van der Waals surface area (Å²) in [6.07, 6.45) is 5.58. The number of piperidine rings is 1. The van der Waals surface area contributed by atoms with Crippen LogP contribution in [0, 0.1) is 0 Å². The third kappa shape index (κ3) is 4.50. The third-order valence-corrected chi connectivity index (χ3v) is 5.59. The molecule has 7 nitrogen and oxygen atoms in total. The van der Waals surface area contributed by atoms with E-state index in [0.717, 1.165) is 36.5 Å². The first-order valence-corrected chi connectivity index (χ1v) is 10.3. The smallest absolute Gasteiger partial charge is 0.263 e. The van der Waals surface area contributed by atoms with Crippen LogP contribution in [0.5, 0.6) is 11.5 Å². The van der Waals surface area contributed by atoms with Gasteiger partial charge in [0.05, 0.1) is 18.8 Å². The Labute approximate surface area is 171 Å². The normalized spacial score (nSPS) is 19.9. The number of amides is 1. The van der Waals surface area contributed by atoms with Crippen molar-refractivity contribution in [2.75, 3.05) is 20.2 Å². The fraction of sp³-hybridized carbons (Fsp3) is 0.500. The summed E-state index contributed by atoms with van der Waals surface area (Å²) in [4.78, 5) is 24.1. The highest BCUT2D eigenvalue weighted by Gasteiger charge is 2.28. The quantitative estimate of drug-likeness (QED) is 0.837. The molecule has 1 amide bonds. The maximum Gasteiger partial charge on any atom is 0.263 e. The van der Waals surface area contributed by atoms with Gasteiger partial charge in [-0.05, 0) is 38.4 Å². The number of rotatable bonds is 5. The summed E-state index contributed by atoms with van der Waals surface area (Å²) in [5.41, 5.74) is 2.09. The van der Waals surface area contributed by atoms with Crippen LogP contribution in [0.3, 0.4) is 0 Å². The van der Waals surface area contributed by atoms with Crippen molar-refractivity contribution in [3.8, 4) is 11.5 Å². The summed E-state index contributed by atoms with van der Waals surface area (Å²) in [5.74, 6) is 2.18. The zero-order valence-corrected chi connectivity index (χ0v) is 17.1. The van der Waals surface area contributed by atoms with E-state index in [-0.39, 0.29) is 11.9 Å². The van der Waals surface area contributed by atoms with Crippen molar-refractivity contribution in [3.05, 3.63) is 47.5 Å². The first-order chi connectivity index (χ1) is 14.1. The molecule has 0 aliphatic carbocycles. The summed E-state index contributed by atoms with van der Waals surface area (Å²) >= 11 is 0. The predicted octanol–water partition coefficient (Wildman–Crippen LogP) is 2.65. The fourth-order valence-electron chi connectivity index (χ4n) is 3.95. The molecule has 0 radical (unpaired) electrons. The second kappa shape index (κ2) is 8.78. The van der Waals surface area contributed by atoms with Crippen molar-refractivity contribution in [3.63, 3.8) is 0 Å². The van der Waals surface area contributed by atoms with Gasteiger partial charge in [-0.3, -0.25) is 4.79 Å². The number of nitrogens with one attached hydrogen (secondary N) is 1. The summed E-state index contributed by atoms with van der Waals surface area (Å²) < 4.78 is 11.1. The molecule has 7 heteroatoms. The van der Waals surface area contributed by atoms with Gasteiger partial charge in [0, 0.05) is 37.3 Å². The third-order valence-electron chi connectivity index (χ3n) is 5.59. The van der Waals surface area contributed by atoms with Gasteiger partial charge >= 0.3 is 0 Å². The number of benzene rings is 1. The van der Waals surface area contributed by atoms with E-state index < -0.39 is 6.10 Å². The average molecular weight is 396 g/mol. The number of fused-ring (bicyclic) bond motifs is 1. The Morgan fingerprint density at radius 1 is 1.31 bits per heavy atom. The van der Waals surface area contributed by atoms with Crippen LogP contribution in [0.1, 0.15) is 49.3 Å². The molecule has 2 atom stereocenters. The van der Waals surface area contributed by atoms with E-state index in [1.54, 1.807) is 20.1 Å². The van der Waals surface area contributed by atoms with Gasteiger partial charge in [-0.15, -0.1) is 0 Å². The van der Waals surface area contributed by atoms with Crippen molar-refractivity contribution in [1.29, 1.82) is 0 Å². The summed E-state index contributed by atoms with van der Waals surface area (Å²) in [6.45, 7) is 3.98. The molecule has 1 fully saturated rings. The minimum absolute atomic E-state index is 0.0310. The van der Waals surface area contributed by atoms with E-state index in [0.29, 0.717) is 24.6 Å². The fourth-order valence-corrected chi connectivity index (χ4v) is 3.95. The van der Waals surface area contributed by atoms with Gasteiger partial charge in [0.25, 0.3) is 5.91 Å². The second-order valence-electron chi connectivity index (χ2n) is 7.65. The molecule has 29 heavy (non-hydrogen) atoms. The van der Waals surface area contributed by atoms with E-state index in [4.69, 9.17) is 14.5 Å². The summed E-state index contributed by atoms with van der Waals surface area (Å²) in [5, 5.41) is 3.50. The molecule has 0 spiro atoms. The van der Waals surface area contributed by atoms with Crippen molar-refractivity contribution < 1.29 is 14.3 Å². The molecule has 2 aromatic rings. The minimum Gasteiger partial charge on any atom is -0.497 e.